The summed E-state index contributed by atoms with van der Waals surface area (Å²) in [4.78, 5) is 0. The first-order valence-corrected chi connectivity index (χ1v) is 6.46. The van der Waals surface area contributed by atoms with Gasteiger partial charge in [-0.15, -0.1) is 0 Å². The summed E-state index contributed by atoms with van der Waals surface area (Å²) in [6, 6.07) is 0. The monoisotopic (exact) mass is 169 g/mol. The molecule has 0 fully saturated rings. The minimum atomic E-state index is -0.0153. The largest absolute Gasteiger partial charge is 0.293 e. The lowest BCUT2D eigenvalue weighted by Gasteiger charge is -1.91. The molecule has 0 atom stereocenters. The SMILES string of the molecule is CCCC[n+]1ccn([SiH2]C)c1. The van der Waals surface area contributed by atoms with Gasteiger partial charge >= 0.3 is 0 Å². The van der Waals surface area contributed by atoms with Gasteiger partial charge in [-0.25, -0.2) is 4.57 Å². The lowest BCUT2D eigenvalue weighted by molar-refractivity contribution is -0.696. The van der Waals surface area contributed by atoms with Gasteiger partial charge in [-0.2, -0.15) is 0 Å². The molecule has 0 aliphatic rings. The molecule has 1 rings (SSSR count). The van der Waals surface area contributed by atoms with Crippen molar-refractivity contribution in [2.75, 3.05) is 0 Å². The molecule has 2 nitrogen and oxygen atoms in total. The van der Waals surface area contributed by atoms with E-state index in [-0.39, 0.29) is 9.68 Å². The number of imidazole rings is 1. The first-order valence-electron chi connectivity index (χ1n) is 4.41. The fraction of sp³-hybridized carbons (Fsp3) is 0.625. The zero-order valence-electron chi connectivity index (χ0n) is 7.45. The fourth-order valence-corrected chi connectivity index (χ4v) is 1.78. The molecule has 0 saturated heterocycles. The molecule has 0 aromatic carbocycles. The molecule has 0 unspecified atom stereocenters. The van der Waals surface area contributed by atoms with Gasteiger partial charge in [0.05, 0.1) is 6.54 Å². The highest BCUT2D eigenvalue weighted by Crippen LogP contribution is 1.86. The van der Waals surface area contributed by atoms with Gasteiger partial charge in [0, 0.05) is 0 Å². The van der Waals surface area contributed by atoms with E-state index in [1.54, 1.807) is 0 Å². The summed E-state index contributed by atoms with van der Waals surface area (Å²) in [5, 5.41) is 0. The standard InChI is InChI=1S/C8H17N2Si/c1-3-4-5-9-6-7-10(8-9)11-2/h6-8H,3-5,11H2,1-2H3/q+1. The van der Waals surface area contributed by atoms with Crippen molar-refractivity contribution in [2.24, 2.45) is 0 Å². The van der Waals surface area contributed by atoms with E-state index in [9.17, 15) is 0 Å². The second kappa shape index (κ2) is 4.33. The first-order chi connectivity index (χ1) is 5.36. The Labute approximate surface area is 70.8 Å². The Morgan fingerprint density at radius 2 is 2.36 bits per heavy atom. The molecule has 0 saturated carbocycles. The van der Waals surface area contributed by atoms with Gasteiger partial charge in [0.15, 0.2) is 0 Å². The van der Waals surface area contributed by atoms with Crippen LogP contribution in [0, 0.1) is 0 Å². The van der Waals surface area contributed by atoms with Crippen LogP contribution in [-0.2, 0) is 6.54 Å². The van der Waals surface area contributed by atoms with Crippen LogP contribution in [-0.4, -0.2) is 13.9 Å². The molecular formula is C8H17N2Si+. The molecule has 62 valence electrons. The summed E-state index contributed by atoms with van der Waals surface area (Å²) in [5.41, 5.74) is 0. The van der Waals surface area contributed by atoms with Gasteiger partial charge in [0.2, 0.25) is 16.0 Å². The van der Waals surface area contributed by atoms with Crippen molar-refractivity contribution in [3.05, 3.63) is 18.7 Å². The first kappa shape index (κ1) is 8.52. The molecule has 0 amide bonds. The van der Waals surface area contributed by atoms with Crippen LogP contribution < -0.4 is 4.57 Å². The van der Waals surface area contributed by atoms with Crippen molar-refractivity contribution >= 4 is 9.68 Å². The molecule has 0 N–H and O–H groups in total. The van der Waals surface area contributed by atoms with E-state index in [2.05, 4.69) is 41.0 Å². The van der Waals surface area contributed by atoms with Crippen LogP contribution in [0.25, 0.3) is 0 Å². The number of nitrogens with zero attached hydrogens (tertiary/aromatic N) is 2. The molecule has 0 aliphatic carbocycles. The van der Waals surface area contributed by atoms with Crippen molar-refractivity contribution in [1.82, 2.24) is 4.23 Å². The Bertz CT molecular complexity index is 208. The molecule has 1 heterocycles. The number of rotatable bonds is 4. The summed E-state index contributed by atoms with van der Waals surface area (Å²) in [6.45, 7) is 5.70. The average Bonchev–Trinajstić information content (AvgIpc) is 2.48. The van der Waals surface area contributed by atoms with E-state index in [1.165, 1.54) is 19.4 Å². The van der Waals surface area contributed by atoms with Gasteiger partial charge in [-0.05, 0) is 13.0 Å². The molecule has 0 bridgehead atoms. The van der Waals surface area contributed by atoms with E-state index in [1.807, 2.05) is 0 Å². The van der Waals surface area contributed by atoms with Crippen LogP contribution in [0.3, 0.4) is 0 Å². The quantitative estimate of drug-likeness (QED) is 0.460. The smallest absolute Gasteiger partial charge is 0.232 e. The zero-order valence-corrected chi connectivity index (χ0v) is 8.87. The summed E-state index contributed by atoms with van der Waals surface area (Å²) in [6.07, 6.45) is 9.15. The van der Waals surface area contributed by atoms with Gasteiger partial charge in [0.25, 0.3) is 0 Å². The van der Waals surface area contributed by atoms with Gasteiger partial charge in [-0.1, -0.05) is 13.3 Å². The highest BCUT2D eigenvalue weighted by atomic mass is 28.2. The highest BCUT2D eigenvalue weighted by Gasteiger charge is 1.98. The number of unbranched alkanes of at least 4 members (excludes halogenated alkanes) is 1. The van der Waals surface area contributed by atoms with Crippen molar-refractivity contribution in [3.8, 4) is 0 Å². The average molecular weight is 169 g/mol. The third-order valence-electron chi connectivity index (χ3n) is 1.88. The van der Waals surface area contributed by atoms with Crippen LogP contribution >= 0.6 is 0 Å². The molecule has 3 heteroatoms. The van der Waals surface area contributed by atoms with Crippen LogP contribution in [0.15, 0.2) is 18.7 Å². The zero-order chi connectivity index (χ0) is 8.10. The normalized spacial score (nSPS) is 11.5. The maximum atomic E-state index is 2.33. The summed E-state index contributed by atoms with van der Waals surface area (Å²) in [7, 11) is -0.0153. The molecular weight excluding hydrogens is 152 g/mol. The second-order valence-corrected chi connectivity index (χ2v) is 4.20. The molecule has 1 aromatic rings. The highest BCUT2D eigenvalue weighted by molar-refractivity contribution is 6.31. The van der Waals surface area contributed by atoms with Crippen molar-refractivity contribution in [1.29, 1.82) is 0 Å². The van der Waals surface area contributed by atoms with E-state index in [0.29, 0.717) is 0 Å². The van der Waals surface area contributed by atoms with E-state index < -0.39 is 0 Å². The number of hydrogen-bond donors (Lipinski definition) is 0. The Balaban J connectivity index is 2.44. The van der Waals surface area contributed by atoms with E-state index >= 15 is 0 Å². The maximum absolute atomic E-state index is 2.33. The van der Waals surface area contributed by atoms with Gasteiger partial charge < -0.3 is 0 Å². The van der Waals surface area contributed by atoms with Crippen LogP contribution in [0.2, 0.25) is 6.55 Å². The van der Waals surface area contributed by atoms with E-state index in [0.717, 1.165) is 0 Å². The summed E-state index contributed by atoms with van der Waals surface area (Å²) < 4.78 is 4.61. The van der Waals surface area contributed by atoms with Crippen molar-refractivity contribution in [3.63, 3.8) is 0 Å². The summed E-state index contributed by atoms with van der Waals surface area (Å²) >= 11 is 0. The minimum absolute atomic E-state index is 0.0153. The molecule has 11 heavy (non-hydrogen) atoms. The molecule has 1 aromatic heterocycles. The second-order valence-electron chi connectivity index (χ2n) is 2.84. The predicted octanol–water partition coefficient (Wildman–Crippen LogP) is 0.556. The van der Waals surface area contributed by atoms with Gasteiger partial charge in [-0.3, -0.25) is 4.23 Å². The van der Waals surface area contributed by atoms with Gasteiger partial charge in [0.1, 0.15) is 12.4 Å². The third kappa shape index (κ3) is 2.50. The minimum Gasteiger partial charge on any atom is -0.293 e. The fourth-order valence-electron chi connectivity index (χ4n) is 1.10. The number of hydrogen-bond acceptors (Lipinski definition) is 0. The summed E-state index contributed by atoms with van der Waals surface area (Å²) in [5.74, 6) is 0. The molecule has 0 spiro atoms. The van der Waals surface area contributed by atoms with Crippen molar-refractivity contribution in [2.45, 2.75) is 32.9 Å². The van der Waals surface area contributed by atoms with Crippen LogP contribution in [0.4, 0.5) is 0 Å². The number of aryl methyl sites for hydroxylation is 1. The van der Waals surface area contributed by atoms with E-state index in [4.69, 9.17) is 0 Å². The predicted molar refractivity (Wildman–Crippen MR) is 49.3 cm³/mol. The Kier molecular flexibility index (Phi) is 3.36. The molecule has 0 aliphatic heterocycles. The maximum Gasteiger partial charge on any atom is 0.232 e. The number of aromatic nitrogens is 2. The molecule has 0 radical (unpaired) electrons. The lowest BCUT2D eigenvalue weighted by Crippen LogP contribution is -2.30. The lowest BCUT2D eigenvalue weighted by atomic mass is 10.3. The van der Waals surface area contributed by atoms with Crippen LogP contribution in [0.1, 0.15) is 19.8 Å². The Morgan fingerprint density at radius 3 is 2.91 bits per heavy atom. The topological polar surface area (TPSA) is 8.81 Å². The third-order valence-corrected chi connectivity index (χ3v) is 2.99. The Morgan fingerprint density at radius 1 is 1.55 bits per heavy atom. The van der Waals surface area contributed by atoms with Crippen molar-refractivity contribution < 1.29 is 4.57 Å². The van der Waals surface area contributed by atoms with Crippen LogP contribution in [0.5, 0.6) is 0 Å². The Hall–Kier alpha value is -0.573.